The zero-order valence-electron chi connectivity index (χ0n) is 26.4. The molecule has 0 aliphatic heterocycles. The van der Waals surface area contributed by atoms with Crippen molar-refractivity contribution in [3.63, 3.8) is 0 Å². The van der Waals surface area contributed by atoms with E-state index in [1.807, 2.05) is 0 Å². The van der Waals surface area contributed by atoms with E-state index in [0.29, 0.717) is 0 Å². The predicted molar refractivity (Wildman–Crippen MR) is 204 cm³/mol. The van der Waals surface area contributed by atoms with Crippen LogP contribution in [0.2, 0.25) is 0 Å². The summed E-state index contributed by atoms with van der Waals surface area (Å²) < 4.78 is 2.39. The highest BCUT2D eigenvalue weighted by atomic mass is 15.1. The number of hydrogen-bond donors (Lipinski definition) is 0. The molecule has 0 radical (unpaired) electrons. The Labute approximate surface area is 280 Å². The molecule has 0 saturated carbocycles. The van der Waals surface area contributed by atoms with Gasteiger partial charge in [0.15, 0.2) is 0 Å². The summed E-state index contributed by atoms with van der Waals surface area (Å²) in [7, 11) is 0. The summed E-state index contributed by atoms with van der Waals surface area (Å²) in [6.45, 7) is 0. The first-order valence-electron chi connectivity index (χ1n) is 16.4. The minimum absolute atomic E-state index is 1.11. The third-order valence-corrected chi connectivity index (χ3v) is 9.35. The number of benzene rings is 8. The quantitative estimate of drug-likeness (QED) is 0.181. The standard InChI is InChI=1S/C46H32N2/c1-4-15-34(16-5-1)43-32-46-44(41-22-12-13-23-45(41)48(46)38-20-8-3-9-21-38)31-42(43)35-25-27-39(28-26-35)47(37-18-6-2-7-19-37)40-29-24-33-14-10-11-17-36(33)30-40/h1-32H. The van der Waals surface area contributed by atoms with Gasteiger partial charge in [-0.2, -0.15) is 0 Å². The lowest BCUT2D eigenvalue weighted by molar-refractivity contribution is 1.18. The maximum Gasteiger partial charge on any atom is 0.0547 e. The first-order chi connectivity index (χ1) is 23.8. The number of nitrogens with zero attached hydrogens (tertiary/aromatic N) is 2. The first kappa shape index (κ1) is 27.9. The van der Waals surface area contributed by atoms with E-state index in [0.717, 1.165) is 22.7 Å². The van der Waals surface area contributed by atoms with E-state index in [1.165, 1.54) is 54.8 Å². The highest BCUT2D eigenvalue weighted by Crippen LogP contribution is 2.42. The van der Waals surface area contributed by atoms with Crippen molar-refractivity contribution in [3.8, 4) is 27.9 Å². The van der Waals surface area contributed by atoms with Crippen molar-refractivity contribution < 1.29 is 0 Å². The summed E-state index contributed by atoms with van der Waals surface area (Å²) in [5.41, 5.74) is 11.8. The molecule has 2 heteroatoms. The molecule has 0 bridgehead atoms. The Morgan fingerprint density at radius 2 is 0.896 bits per heavy atom. The monoisotopic (exact) mass is 612 g/mol. The number of anilines is 3. The Balaban J connectivity index is 1.23. The molecular formula is C46H32N2. The second-order valence-corrected chi connectivity index (χ2v) is 12.2. The lowest BCUT2D eigenvalue weighted by Crippen LogP contribution is -2.09. The average Bonchev–Trinajstić information content (AvgIpc) is 3.49. The maximum absolute atomic E-state index is 2.40. The van der Waals surface area contributed by atoms with Crippen LogP contribution in [0.3, 0.4) is 0 Å². The molecule has 0 saturated heterocycles. The Morgan fingerprint density at radius 3 is 1.67 bits per heavy atom. The summed E-state index contributed by atoms with van der Waals surface area (Å²) in [5.74, 6) is 0. The van der Waals surface area contributed by atoms with Gasteiger partial charge in [-0.05, 0) is 99.8 Å². The van der Waals surface area contributed by atoms with Crippen LogP contribution in [0, 0.1) is 0 Å². The van der Waals surface area contributed by atoms with Crippen molar-refractivity contribution in [3.05, 3.63) is 194 Å². The van der Waals surface area contributed by atoms with E-state index in [-0.39, 0.29) is 0 Å². The Morgan fingerprint density at radius 1 is 0.333 bits per heavy atom. The molecule has 0 amide bonds. The Kier molecular flexibility index (Phi) is 6.84. The molecule has 0 N–H and O–H groups in total. The molecule has 0 fully saturated rings. The molecule has 1 heterocycles. The highest BCUT2D eigenvalue weighted by Gasteiger charge is 2.18. The molecule has 8 aromatic carbocycles. The second kappa shape index (κ2) is 11.8. The second-order valence-electron chi connectivity index (χ2n) is 12.2. The van der Waals surface area contributed by atoms with Gasteiger partial charge in [0, 0.05) is 33.5 Å². The fraction of sp³-hybridized carbons (Fsp3) is 0. The molecule has 0 aliphatic rings. The van der Waals surface area contributed by atoms with Crippen molar-refractivity contribution in [2.24, 2.45) is 0 Å². The maximum atomic E-state index is 2.40. The van der Waals surface area contributed by atoms with Gasteiger partial charge in [0.2, 0.25) is 0 Å². The predicted octanol–water partition coefficient (Wildman–Crippen LogP) is 12.7. The Hall–Kier alpha value is -6.38. The van der Waals surface area contributed by atoms with Gasteiger partial charge < -0.3 is 9.47 Å². The molecule has 2 nitrogen and oxygen atoms in total. The molecule has 0 unspecified atom stereocenters. The molecular weight excluding hydrogens is 581 g/mol. The fourth-order valence-corrected chi connectivity index (χ4v) is 7.10. The lowest BCUT2D eigenvalue weighted by atomic mass is 9.92. The fourth-order valence-electron chi connectivity index (χ4n) is 7.10. The summed E-state index contributed by atoms with van der Waals surface area (Å²) >= 11 is 0. The van der Waals surface area contributed by atoms with Crippen LogP contribution in [0.1, 0.15) is 0 Å². The van der Waals surface area contributed by atoms with Gasteiger partial charge in [-0.1, -0.05) is 127 Å². The lowest BCUT2D eigenvalue weighted by Gasteiger charge is -2.26. The van der Waals surface area contributed by atoms with Crippen LogP contribution >= 0.6 is 0 Å². The van der Waals surface area contributed by atoms with E-state index < -0.39 is 0 Å². The molecule has 0 spiro atoms. The van der Waals surface area contributed by atoms with Crippen molar-refractivity contribution in [2.45, 2.75) is 0 Å². The molecule has 0 aliphatic carbocycles. The molecule has 48 heavy (non-hydrogen) atoms. The van der Waals surface area contributed by atoms with E-state index in [4.69, 9.17) is 0 Å². The van der Waals surface area contributed by atoms with Crippen LogP contribution in [0.4, 0.5) is 17.1 Å². The van der Waals surface area contributed by atoms with E-state index in [9.17, 15) is 0 Å². The SMILES string of the molecule is c1ccc(-c2cc3c(cc2-c2ccc(N(c4ccccc4)c4ccc5ccccc5c4)cc2)c2ccccc2n3-c2ccccc2)cc1. The first-order valence-corrected chi connectivity index (χ1v) is 16.4. The van der Waals surface area contributed by atoms with Gasteiger partial charge in [0.1, 0.15) is 0 Å². The van der Waals surface area contributed by atoms with E-state index in [1.54, 1.807) is 0 Å². The van der Waals surface area contributed by atoms with E-state index >= 15 is 0 Å². The van der Waals surface area contributed by atoms with Gasteiger partial charge in [0.25, 0.3) is 0 Å². The Bertz CT molecular complexity index is 2530. The molecule has 226 valence electrons. The van der Waals surface area contributed by atoms with Crippen molar-refractivity contribution >= 4 is 49.6 Å². The largest absolute Gasteiger partial charge is 0.310 e. The highest BCUT2D eigenvalue weighted by molar-refractivity contribution is 6.12. The summed E-state index contributed by atoms with van der Waals surface area (Å²) in [5, 5.41) is 4.96. The number of fused-ring (bicyclic) bond motifs is 4. The number of hydrogen-bond acceptors (Lipinski definition) is 1. The molecule has 9 rings (SSSR count). The molecule has 1 aromatic heterocycles. The van der Waals surface area contributed by atoms with Crippen LogP contribution < -0.4 is 4.90 Å². The van der Waals surface area contributed by atoms with Crippen LogP contribution in [0.25, 0.3) is 60.5 Å². The van der Waals surface area contributed by atoms with E-state index in [2.05, 4.69) is 204 Å². The van der Waals surface area contributed by atoms with Crippen molar-refractivity contribution in [1.82, 2.24) is 4.57 Å². The zero-order chi connectivity index (χ0) is 31.9. The van der Waals surface area contributed by atoms with Gasteiger partial charge in [0.05, 0.1) is 11.0 Å². The van der Waals surface area contributed by atoms with Crippen LogP contribution in [-0.2, 0) is 0 Å². The third kappa shape index (κ3) is 4.83. The molecule has 9 aromatic rings. The minimum atomic E-state index is 1.11. The van der Waals surface area contributed by atoms with Crippen LogP contribution in [0.5, 0.6) is 0 Å². The summed E-state index contributed by atoms with van der Waals surface area (Å²) in [6.07, 6.45) is 0. The summed E-state index contributed by atoms with van der Waals surface area (Å²) in [6, 6.07) is 69.9. The van der Waals surface area contributed by atoms with Gasteiger partial charge >= 0.3 is 0 Å². The number of rotatable bonds is 6. The zero-order valence-corrected chi connectivity index (χ0v) is 26.4. The smallest absolute Gasteiger partial charge is 0.0547 e. The number of para-hydroxylation sites is 3. The van der Waals surface area contributed by atoms with Crippen molar-refractivity contribution in [1.29, 1.82) is 0 Å². The third-order valence-electron chi connectivity index (χ3n) is 9.35. The van der Waals surface area contributed by atoms with Crippen LogP contribution in [0.15, 0.2) is 194 Å². The average molecular weight is 613 g/mol. The van der Waals surface area contributed by atoms with Gasteiger partial charge in [-0.3, -0.25) is 0 Å². The number of aromatic nitrogens is 1. The molecule has 0 atom stereocenters. The summed E-state index contributed by atoms with van der Waals surface area (Å²) in [4.78, 5) is 2.34. The minimum Gasteiger partial charge on any atom is -0.310 e. The van der Waals surface area contributed by atoms with Crippen molar-refractivity contribution in [2.75, 3.05) is 4.90 Å². The van der Waals surface area contributed by atoms with Gasteiger partial charge in [-0.25, -0.2) is 0 Å². The van der Waals surface area contributed by atoms with Crippen LogP contribution in [-0.4, -0.2) is 4.57 Å². The topological polar surface area (TPSA) is 8.17 Å². The van der Waals surface area contributed by atoms with Gasteiger partial charge in [-0.15, -0.1) is 0 Å². The normalized spacial score (nSPS) is 11.3.